The summed E-state index contributed by atoms with van der Waals surface area (Å²) >= 11 is 0. The summed E-state index contributed by atoms with van der Waals surface area (Å²) in [5, 5.41) is 6.57. The predicted octanol–water partition coefficient (Wildman–Crippen LogP) is 2.42. The van der Waals surface area contributed by atoms with E-state index in [1.165, 1.54) is 38.5 Å². The van der Waals surface area contributed by atoms with Gasteiger partial charge in [-0.05, 0) is 32.1 Å². The molecule has 0 aliphatic carbocycles. The molecule has 0 aromatic heterocycles. The number of hydrazine groups is 2. The number of piperidine rings is 2. The lowest BCUT2D eigenvalue weighted by molar-refractivity contribution is -0.207. The van der Waals surface area contributed by atoms with Crippen LogP contribution >= 0.6 is 0 Å². The van der Waals surface area contributed by atoms with Crippen molar-refractivity contribution in [2.45, 2.75) is 58.3 Å². The molecule has 0 aromatic rings. The number of carbonyl (C=O) groups excluding carboxylic acids is 1. The standard InChI is InChI=1S/C14H27N3O/c1-2-9-14(18)17(15-10-5-3-6-11-15)16-12-7-4-8-13-16/h2-13H2,1H3. The van der Waals surface area contributed by atoms with E-state index in [0.717, 1.165) is 32.6 Å². The number of nitrogens with zero attached hydrogens (tertiary/aromatic N) is 3. The molecular weight excluding hydrogens is 226 g/mol. The SMILES string of the molecule is CCCC(=O)N(N1CCCCC1)N1CCCCC1. The van der Waals surface area contributed by atoms with Gasteiger partial charge < -0.3 is 0 Å². The molecule has 4 heteroatoms. The highest BCUT2D eigenvalue weighted by Crippen LogP contribution is 2.19. The van der Waals surface area contributed by atoms with Gasteiger partial charge in [-0.3, -0.25) is 4.79 Å². The van der Waals surface area contributed by atoms with Gasteiger partial charge in [-0.15, -0.1) is 0 Å². The Morgan fingerprint density at radius 1 is 0.889 bits per heavy atom. The molecule has 0 N–H and O–H groups in total. The van der Waals surface area contributed by atoms with Gasteiger partial charge >= 0.3 is 0 Å². The van der Waals surface area contributed by atoms with Crippen LogP contribution in [-0.2, 0) is 4.79 Å². The average Bonchev–Trinajstić information content (AvgIpc) is 2.42. The predicted molar refractivity (Wildman–Crippen MR) is 72.6 cm³/mol. The highest BCUT2D eigenvalue weighted by Gasteiger charge is 2.28. The Kier molecular flexibility index (Phi) is 5.45. The fourth-order valence-electron chi connectivity index (χ4n) is 2.94. The molecule has 2 rings (SSSR count). The van der Waals surface area contributed by atoms with Crippen LogP contribution in [0.25, 0.3) is 0 Å². The second-order valence-corrected chi connectivity index (χ2v) is 5.46. The molecule has 104 valence electrons. The molecule has 0 aromatic carbocycles. The van der Waals surface area contributed by atoms with Gasteiger partial charge in [0.1, 0.15) is 0 Å². The Labute approximate surface area is 111 Å². The van der Waals surface area contributed by atoms with E-state index in [1.807, 2.05) is 5.12 Å². The van der Waals surface area contributed by atoms with Crippen molar-refractivity contribution in [1.82, 2.24) is 15.1 Å². The maximum Gasteiger partial charge on any atom is 0.251 e. The second-order valence-electron chi connectivity index (χ2n) is 5.46. The molecule has 0 spiro atoms. The molecule has 2 aliphatic rings. The van der Waals surface area contributed by atoms with Crippen LogP contribution in [0.3, 0.4) is 0 Å². The van der Waals surface area contributed by atoms with Crippen molar-refractivity contribution in [1.29, 1.82) is 0 Å². The Morgan fingerprint density at radius 2 is 1.33 bits per heavy atom. The monoisotopic (exact) mass is 253 g/mol. The van der Waals surface area contributed by atoms with E-state index >= 15 is 0 Å². The molecule has 2 heterocycles. The summed E-state index contributed by atoms with van der Waals surface area (Å²) in [6.07, 6.45) is 9.14. The first-order valence-electron chi connectivity index (χ1n) is 7.65. The minimum absolute atomic E-state index is 0.293. The van der Waals surface area contributed by atoms with E-state index < -0.39 is 0 Å². The highest BCUT2D eigenvalue weighted by atomic mass is 16.2. The maximum atomic E-state index is 12.4. The van der Waals surface area contributed by atoms with Crippen LogP contribution in [0.2, 0.25) is 0 Å². The lowest BCUT2D eigenvalue weighted by Gasteiger charge is -2.45. The number of amides is 1. The molecule has 0 unspecified atom stereocenters. The van der Waals surface area contributed by atoms with Crippen molar-refractivity contribution in [2.75, 3.05) is 26.2 Å². The molecule has 4 nitrogen and oxygen atoms in total. The Balaban J connectivity index is 2.02. The fourth-order valence-corrected chi connectivity index (χ4v) is 2.94. The number of hydrogen-bond donors (Lipinski definition) is 0. The van der Waals surface area contributed by atoms with Gasteiger partial charge in [0, 0.05) is 32.6 Å². The first-order valence-corrected chi connectivity index (χ1v) is 7.65. The summed E-state index contributed by atoms with van der Waals surface area (Å²) in [7, 11) is 0. The summed E-state index contributed by atoms with van der Waals surface area (Å²) in [4.78, 5) is 12.4. The van der Waals surface area contributed by atoms with Crippen LogP contribution in [0.1, 0.15) is 58.3 Å². The van der Waals surface area contributed by atoms with Crippen LogP contribution < -0.4 is 0 Å². The van der Waals surface area contributed by atoms with Crippen molar-refractivity contribution in [3.63, 3.8) is 0 Å². The Hall–Kier alpha value is -0.610. The summed E-state index contributed by atoms with van der Waals surface area (Å²) in [5.41, 5.74) is 0. The second kappa shape index (κ2) is 7.10. The third-order valence-corrected chi connectivity index (χ3v) is 3.89. The van der Waals surface area contributed by atoms with Crippen molar-refractivity contribution in [2.24, 2.45) is 0 Å². The minimum atomic E-state index is 0.293. The third kappa shape index (κ3) is 3.45. The number of hydrogen-bond acceptors (Lipinski definition) is 3. The molecule has 0 saturated carbocycles. The summed E-state index contributed by atoms with van der Waals surface area (Å²) in [5.74, 6) is 0.293. The van der Waals surface area contributed by atoms with E-state index in [1.54, 1.807) is 0 Å². The zero-order valence-electron chi connectivity index (χ0n) is 11.7. The summed E-state index contributed by atoms with van der Waals surface area (Å²) in [6.45, 7) is 6.28. The largest absolute Gasteiger partial charge is 0.272 e. The van der Waals surface area contributed by atoms with Crippen LogP contribution in [0.5, 0.6) is 0 Å². The lowest BCUT2D eigenvalue weighted by Crippen LogP contribution is -2.58. The van der Waals surface area contributed by atoms with E-state index in [-0.39, 0.29) is 0 Å². The lowest BCUT2D eigenvalue weighted by atomic mass is 10.1. The minimum Gasteiger partial charge on any atom is -0.272 e. The molecule has 2 fully saturated rings. The molecular formula is C14H27N3O. The van der Waals surface area contributed by atoms with E-state index in [4.69, 9.17) is 0 Å². The van der Waals surface area contributed by atoms with Gasteiger partial charge in [0.25, 0.3) is 5.91 Å². The van der Waals surface area contributed by atoms with Crippen LogP contribution in [-0.4, -0.2) is 47.2 Å². The van der Waals surface area contributed by atoms with Gasteiger partial charge in [0.15, 0.2) is 0 Å². The van der Waals surface area contributed by atoms with Gasteiger partial charge in [-0.2, -0.15) is 0 Å². The van der Waals surface area contributed by atoms with Crippen molar-refractivity contribution in [3.8, 4) is 0 Å². The highest BCUT2D eigenvalue weighted by molar-refractivity contribution is 5.75. The fraction of sp³-hybridized carbons (Fsp3) is 0.929. The first-order chi connectivity index (χ1) is 8.83. The maximum absolute atomic E-state index is 12.4. The third-order valence-electron chi connectivity index (χ3n) is 3.89. The Morgan fingerprint density at radius 3 is 1.72 bits per heavy atom. The smallest absolute Gasteiger partial charge is 0.251 e. The number of carbonyl (C=O) groups is 1. The zero-order valence-corrected chi connectivity index (χ0v) is 11.7. The molecule has 2 saturated heterocycles. The summed E-state index contributed by atoms with van der Waals surface area (Å²) in [6, 6.07) is 0. The first kappa shape index (κ1) is 13.8. The summed E-state index contributed by atoms with van der Waals surface area (Å²) < 4.78 is 0. The van der Waals surface area contributed by atoms with Gasteiger partial charge in [-0.1, -0.05) is 19.8 Å². The quantitative estimate of drug-likeness (QED) is 0.770. The molecule has 1 amide bonds. The zero-order chi connectivity index (χ0) is 12.8. The normalized spacial score (nSPS) is 22.9. The van der Waals surface area contributed by atoms with Crippen LogP contribution in [0.4, 0.5) is 0 Å². The molecule has 0 bridgehead atoms. The topological polar surface area (TPSA) is 26.8 Å². The molecule has 0 atom stereocenters. The van der Waals surface area contributed by atoms with Gasteiger partial charge in [0.05, 0.1) is 0 Å². The molecule has 2 aliphatic heterocycles. The van der Waals surface area contributed by atoms with E-state index in [2.05, 4.69) is 16.9 Å². The molecule has 18 heavy (non-hydrogen) atoms. The van der Waals surface area contributed by atoms with Crippen LogP contribution in [0, 0.1) is 0 Å². The van der Waals surface area contributed by atoms with E-state index in [9.17, 15) is 4.79 Å². The van der Waals surface area contributed by atoms with Gasteiger partial charge in [-0.25, -0.2) is 15.1 Å². The van der Waals surface area contributed by atoms with Crippen LogP contribution in [0.15, 0.2) is 0 Å². The van der Waals surface area contributed by atoms with E-state index in [0.29, 0.717) is 12.3 Å². The molecule has 0 radical (unpaired) electrons. The van der Waals surface area contributed by atoms with Crippen molar-refractivity contribution in [3.05, 3.63) is 0 Å². The number of rotatable bonds is 4. The van der Waals surface area contributed by atoms with Crippen molar-refractivity contribution >= 4 is 5.91 Å². The van der Waals surface area contributed by atoms with Crippen molar-refractivity contribution < 1.29 is 4.79 Å². The Bertz CT molecular complexity index is 240. The van der Waals surface area contributed by atoms with Gasteiger partial charge in [0.2, 0.25) is 0 Å². The average molecular weight is 253 g/mol.